The lowest BCUT2D eigenvalue weighted by molar-refractivity contribution is -0.124. The lowest BCUT2D eigenvalue weighted by Crippen LogP contribution is -2.56. The third kappa shape index (κ3) is 4.72. The second kappa shape index (κ2) is 7.43. The van der Waals surface area contributed by atoms with Crippen molar-refractivity contribution in [2.45, 2.75) is 31.7 Å². The summed E-state index contributed by atoms with van der Waals surface area (Å²) in [6.07, 6.45) is 1.87. The molecule has 1 aliphatic rings. The van der Waals surface area contributed by atoms with Crippen molar-refractivity contribution in [3.05, 3.63) is 29.8 Å². The van der Waals surface area contributed by atoms with Crippen LogP contribution < -0.4 is 15.8 Å². The fraction of sp³-hybridized carbons (Fsp3) is 0.562. The Labute approximate surface area is 125 Å². The van der Waals surface area contributed by atoms with Crippen molar-refractivity contribution in [1.29, 1.82) is 0 Å². The van der Waals surface area contributed by atoms with Gasteiger partial charge in [0.1, 0.15) is 5.75 Å². The maximum absolute atomic E-state index is 12.0. The van der Waals surface area contributed by atoms with E-state index in [4.69, 9.17) is 15.2 Å². The Hall–Kier alpha value is -1.59. The molecule has 0 radical (unpaired) electrons. The van der Waals surface area contributed by atoms with E-state index in [0.717, 1.165) is 24.2 Å². The minimum atomic E-state index is -0.307. The summed E-state index contributed by atoms with van der Waals surface area (Å²) in [6.45, 7) is 4.12. The van der Waals surface area contributed by atoms with E-state index in [-0.39, 0.29) is 11.4 Å². The van der Waals surface area contributed by atoms with Crippen molar-refractivity contribution in [3.63, 3.8) is 0 Å². The van der Waals surface area contributed by atoms with Crippen LogP contribution in [0, 0.1) is 6.92 Å². The molecular formula is C16H24N2O3. The molecule has 0 aliphatic carbocycles. The standard InChI is InChI=1S/C16H24N2O3/c1-13-3-2-4-14(11-13)21-8-5-15(19)18-16(12-17)6-9-20-10-7-16/h2-4,11H,5-10,12,17H2,1H3,(H,18,19). The van der Waals surface area contributed by atoms with Crippen LogP contribution in [-0.4, -0.2) is 37.8 Å². The Morgan fingerprint density at radius 1 is 1.43 bits per heavy atom. The summed E-state index contributed by atoms with van der Waals surface area (Å²) in [6, 6.07) is 7.80. The number of aryl methyl sites for hydroxylation is 1. The lowest BCUT2D eigenvalue weighted by atomic mass is 9.90. The number of hydrogen-bond acceptors (Lipinski definition) is 4. The van der Waals surface area contributed by atoms with Gasteiger partial charge in [-0.25, -0.2) is 0 Å². The number of nitrogens with one attached hydrogen (secondary N) is 1. The minimum absolute atomic E-state index is 0.0185. The van der Waals surface area contributed by atoms with Crippen molar-refractivity contribution < 1.29 is 14.3 Å². The first-order chi connectivity index (χ1) is 10.1. The van der Waals surface area contributed by atoms with E-state index in [1.165, 1.54) is 0 Å². The zero-order valence-electron chi connectivity index (χ0n) is 12.6. The van der Waals surface area contributed by atoms with Crippen molar-refractivity contribution in [2.75, 3.05) is 26.4 Å². The van der Waals surface area contributed by atoms with Gasteiger partial charge in [-0.15, -0.1) is 0 Å². The molecule has 2 rings (SSSR count). The first-order valence-electron chi connectivity index (χ1n) is 7.42. The summed E-state index contributed by atoms with van der Waals surface area (Å²) in [5, 5.41) is 3.06. The lowest BCUT2D eigenvalue weighted by Gasteiger charge is -2.36. The highest BCUT2D eigenvalue weighted by atomic mass is 16.5. The predicted molar refractivity (Wildman–Crippen MR) is 81.3 cm³/mol. The van der Waals surface area contributed by atoms with Crippen molar-refractivity contribution in [2.24, 2.45) is 5.73 Å². The van der Waals surface area contributed by atoms with E-state index < -0.39 is 0 Å². The van der Waals surface area contributed by atoms with E-state index in [0.29, 0.717) is 32.8 Å². The van der Waals surface area contributed by atoms with Gasteiger partial charge < -0.3 is 20.5 Å². The summed E-state index contributed by atoms with van der Waals surface area (Å²) >= 11 is 0. The quantitative estimate of drug-likeness (QED) is 0.831. The zero-order valence-corrected chi connectivity index (χ0v) is 12.6. The number of carbonyl (C=O) groups is 1. The second-order valence-corrected chi connectivity index (χ2v) is 5.56. The van der Waals surface area contributed by atoms with Crippen molar-refractivity contribution >= 4 is 5.91 Å². The van der Waals surface area contributed by atoms with E-state index in [9.17, 15) is 4.79 Å². The molecule has 5 nitrogen and oxygen atoms in total. The molecule has 1 aliphatic heterocycles. The average molecular weight is 292 g/mol. The van der Waals surface area contributed by atoms with Gasteiger partial charge in [0.05, 0.1) is 18.6 Å². The molecule has 1 fully saturated rings. The van der Waals surface area contributed by atoms with Gasteiger partial charge in [-0.1, -0.05) is 12.1 Å². The van der Waals surface area contributed by atoms with Crippen LogP contribution in [0.2, 0.25) is 0 Å². The Morgan fingerprint density at radius 2 is 2.19 bits per heavy atom. The number of ether oxygens (including phenoxy) is 2. The number of nitrogens with two attached hydrogens (primary N) is 1. The number of carbonyl (C=O) groups excluding carboxylic acids is 1. The summed E-state index contributed by atoms with van der Waals surface area (Å²) in [5.74, 6) is 0.775. The van der Waals surface area contributed by atoms with E-state index in [1.807, 2.05) is 31.2 Å². The van der Waals surface area contributed by atoms with E-state index >= 15 is 0 Å². The number of benzene rings is 1. The van der Waals surface area contributed by atoms with Crippen LogP contribution in [0.3, 0.4) is 0 Å². The fourth-order valence-electron chi connectivity index (χ4n) is 2.47. The smallest absolute Gasteiger partial charge is 0.223 e. The van der Waals surface area contributed by atoms with Gasteiger partial charge in [0, 0.05) is 19.8 Å². The summed E-state index contributed by atoms with van der Waals surface area (Å²) in [7, 11) is 0. The van der Waals surface area contributed by atoms with Crippen LogP contribution in [0.15, 0.2) is 24.3 Å². The molecule has 0 saturated carbocycles. The van der Waals surface area contributed by atoms with Crippen LogP contribution in [0.1, 0.15) is 24.8 Å². The van der Waals surface area contributed by atoms with Crippen LogP contribution in [-0.2, 0) is 9.53 Å². The SMILES string of the molecule is Cc1cccc(OCCC(=O)NC2(CN)CCOCC2)c1. The van der Waals surface area contributed by atoms with Crippen LogP contribution in [0.4, 0.5) is 0 Å². The maximum atomic E-state index is 12.0. The number of rotatable bonds is 6. The molecule has 1 saturated heterocycles. The summed E-state index contributed by atoms with van der Waals surface area (Å²) in [4.78, 5) is 12.0. The van der Waals surface area contributed by atoms with E-state index in [2.05, 4.69) is 5.32 Å². The Kier molecular flexibility index (Phi) is 5.59. The zero-order chi connectivity index (χ0) is 15.1. The Balaban J connectivity index is 1.76. The molecule has 0 unspecified atom stereocenters. The van der Waals surface area contributed by atoms with E-state index in [1.54, 1.807) is 0 Å². The van der Waals surface area contributed by atoms with Gasteiger partial charge in [0.25, 0.3) is 0 Å². The molecule has 0 bridgehead atoms. The molecule has 1 amide bonds. The number of hydrogen-bond donors (Lipinski definition) is 2. The highest BCUT2D eigenvalue weighted by Crippen LogP contribution is 2.19. The van der Waals surface area contributed by atoms with Gasteiger partial charge in [0.2, 0.25) is 5.91 Å². The van der Waals surface area contributed by atoms with Crippen molar-refractivity contribution in [3.8, 4) is 5.75 Å². The molecule has 21 heavy (non-hydrogen) atoms. The maximum Gasteiger partial charge on any atom is 0.223 e. The third-order valence-electron chi connectivity index (χ3n) is 3.83. The fourth-order valence-corrected chi connectivity index (χ4v) is 2.47. The normalized spacial score (nSPS) is 17.2. The molecule has 0 spiro atoms. The first-order valence-corrected chi connectivity index (χ1v) is 7.42. The average Bonchev–Trinajstić information content (AvgIpc) is 2.48. The Morgan fingerprint density at radius 3 is 2.86 bits per heavy atom. The first kappa shape index (κ1) is 15.8. The van der Waals surface area contributed by atoms with Gasteiger partial charge >= 0.3 is 0 Å². The Bertz CT molecular complexity index is 470. The molecule has 1 heterocycles. The highest BCUT2D eigenvalue weighted by Gasteiger charge is 2.32. The third-order valence-corrected chi connectivity index (χ3v) is 3.83. The molecule has 0 atom stereocenters. The molecule has 116 valence electrons. The second-order valence-electron chi connectivity index (χ2n) is 5.56. The molecule has 3 N–H and O–H groups in total. The largest absolute Gasteiger partial charge is 0.493 e. The molecular weight excluding hydrogens is 268 g/mol. The molecule has 0 aromatic heterocycles. The number of amides is 1. The minimum Gasteiger partial charge on any atom is -0.493 e. The van der Waals surface area contributed by atoms with Gasteiger partial charge in [0.15, 0.2) is 0 Å². The molecule has 5 heteroatoms. The summed E-state index contributed by atoms with van der Waals surface area (Å²) in [5.41, 5.74) is 6.65. The van der Waals surface area contributed by atoms with Gasteiger partial charge in [-0.3, -0.25) is 4.79 Å². The van der Waals surface area contributed by atoms with Gasteiger partial charge in [-0.05, 0) is 37.5 Å². The summed E-state index contributed by atoms with van der Waals surface area (Å²) < 4.78 is 10.9. The monoisotopic (exact) mass is 292 g/mol. The van der Waals surface area contributed by atoms with Crippen LogP contribution in [0.5, 0.6) is 5.75 Å². The van der Waals surface area contributed by atoms with Crippen molar-refractivity contribution in [1.82, 2.24) is 5.32 Å². The van der Waals surface area contributed by atoms with Crippen LogP contribution in [0.25, 0.3) is 0 Å². The van der Waals surface area contributed by atoms with Gasteiger partial charge in [-0.2, -0.15) is 0 Å². The van der Waals surface area contributed by atoms with Crippen LogP contribution >= 0.6 is 0 Å². The highest BCUT2D eigenvalue weighted by molar-refractivity contribution is 5.77. The topological polar surface area (TPSA) is 73.6 Å². The molecule has 1 aromatic carbocycles. The predicted octanol–water partition coefficient (Wildman–Crippen LogP) is 1.39. The molecule has 1 aromatic rings.